The van der Waals surface area contributed by atoms with Gasteiger partial charge in [-0.25, -0.2) is 4.68 Å². The van der Waals surface area contributed by atoms with Crippen molar-refractivity contribution in [2.75, 3.05) is 7.11 Å². The van der Waals surface area contributed by atoms with Crippen molar-refractivity contribution < 1.29 is 23.0 Å². The van der Waals surface area contributed by atoms with Crippen LogP contribution in [0.2, 0.25) is 0 Å². The second-order valence-electron chi connectivity index (χ2n) is 4.01. The number of hydrogen-bond donors (Lipinski definition) is 1. The van der Waals surface area contributed by atoms with Crippen molar-refractivity contribution in [3.8, 4) is 17.2 Å². The molecule has 0 atom stereocenters. The lowest BCUT2D eigenvalue weighted by Crippen LogP contribution is -2.03. The first-order valence-electron chi connectivity index (χ1n) is 5.32. The second-order valence-corrected chi connectivity index (χ2v) is 4.01. The van der Waals surface area contributed by atoms with Gasteiger partial charge in [-0.1, -0.05) is 0 Å². The first-order valence-corrected chi connectivity index (χ1v) is 5.32. The maximum Gasteiger partial charge on any atom is 0.419 e. The van der Waals surface area contributed by atoms with Crippen LogP contribution in [0.1, 0.15) is 11.1 Å². The topological polar surface area (TPSA) is 47.3 Å². The first kappa shape index (κ1) is 13.3. The summed E-state index contributed by atoms with van der Waals surface area (Å²) in [5, 5.41) is 13.5. The lowest BCUT2D eigenvalue weighted by molar-refractivity contribution is -0.137. The van der Waals surface area contributed by atoms with Gasteiger partial charge in [0.05, 0.1) is 18.9 Å². The Balaban J connectivity index is 2.56. The molecule has 0 unspecified atom stereocenters. The first-order chi connectivity index (χ1) is 8.82. The SMILES string of the molecule is COc1cc(C)cc(O)c1-n1cc(C(F)(F)F)cn1. The quantitative estimate of drug-likeness (QED) is 0.914. The molecule has 0 bridgehead atoms. The fraction of sp³-hybridized carbons (Fsp3) is 0.250. The zero-order valence-corrected chi connectivity index (χ0v) is 10.2. The number of halogens is 3. The number of aromatic hydroxyl groups is 1. The lowest BCUT2D eigenvalue weighted by atomic mass is 10.2. The van der Waals surface area contributed by atoms with E-state index in [1.807, 2.05) is 0 Å². The van der Waals surface area contributed by atoms with Crippen LogP contribution in [0, 0.1) is 6.92 Å². The number of aryl methyl sites for hydroxylation is 1. The van der Waals surface area contributed by atoms with Crippen molar-refractivity contribution in [1.82, 2.24) is 9.78 Å². The number of phenolic OH excluding ortho intramolecular Hbond substituents is 1. The molecule has 0 aliphatic heterocycles. The molecule has 2 aromatic rings. The van der Waals surface area contributed by atoms with E-state index in [1.54, 1.807) is 13.0 Å². The van der Waals surface area contributed by atoms with Gasteiger partial charge in [-0.05, 0) is 24.6 Å². The van der Waals surface area contributed by atoms with E-state index < -0.39 is 11.7 Å². The number of phenols is 1. The Hall–Kier alpha value is -2.18. The van der Waals surface area contributed by atoms with Crippen molar-refractivity contribution in [2.45, 2.75) is 13.1 Å². The minimum Gasteiger partial charge on any atom is -0.506 e. The summed E-state index contributed by atoms with van der Waals surface area (Å²) in [6.07, 6.45) is -2.99. The predicted octanol–water partition coefficient (Wildman–Crippen LogP) is 2.91. The van der Waals surface area contributed by atoms with Crippen LogP contribution < -0.4 is 4.74 Å². The molecule has 0 aliphatic rings. The Kier molecular flexibility index (Phi) is 3.13. The third-order valence-electron chi connectivity index (χ3n) is 2.56. The number of nitrogens with zero attached hydrogens (tertiary/aromatic N) is 2. The maximum absolute atomic E-state index is 12.5. The van der Waals surface area contributed by atoms with Gasteiger partial charge in [-0.15, -0.1) is 0 Å². The van der Waals surface area contributed by atoms with Crippen LogP contribution in [0.5, 0.6) is 11.5 Å². The number of aromatic nitrogens is 2. The Morgan fingerprint density at radius 2 is 2.00 bits per heavy atom. The summed E-state index contributed by atoms with van der Waals surface area (Å²) in [6, 6.07) is 3.02. The number of benzene rings is 1. The van der Waals surface area contributed by atoms with Crippen molar-refractivity contribution in [3.05, 3.63) is 35.7 Å². The molecular formula is C12H11F3N2O2. The van der Waals surface area contributed by atoms with Crippen molar-refractivity contribution in [2.24, 2.45) is 0 Å². The molecule has 2 rings (SSSR count). The summed E-state index contributed by atoms with van der Waals surface area (Å²) in [5.41, 5.74) is -0.0978. The molecule has 19 heavy (non-hydrogen) atoms. The molecular weight excluding hydrogens is 261 g/mol. The highest BCUT2D eigenvalue weighted by atomic mass is 19.4. The van der Waals surface area contributed by atoms with E-state index in [2.05, 4.69) is 5.10 Å². The van der Waals surface area contributed by atoms with Gasteiger partial charge in [0.2, 0.25) is 0 Å². The van der Waals surface area contributed by atoms with E-state index >= 15 is 0 Å². The van der Waals surface area contributed by atoms with Gasteiger partial charge in [0, 0.05) is 6.20 Å². The van der Waals surface area contributed by atoms with Crippen LogP contribution in [-0.2, 0) is 6.18 Å². The maximum atomic E-state index is 12.5. The van der Waals surface area contributed by atoms with Crippen LogP contribution in [0.15, 0.2) is 24.5 Å². The third-order valence-corrected chi connectivity index (χ3v) is 2.56. The monoisotopic (exact) mass is 272 g/mol. The van der Waals surface area contributed by atoms with Crippen molar-refractivity contribution in [1.29, 1.82) is 0 Å². The molecule has 1 aromatic heterocycles. The van der Waals surface area contributed by atoms with Gasteiger partial charge in [0.15, 0.2) is 0 Å². The minimum absolute atomic E-state index is 0.0728. The zero-order chi connectivity index (χ0) is 14.2. The molecule has 0 aliphatic carbocycles. The summed E-state index contributed by atoms with van der Waals surface area (Å²) >= 11 is 0. The molecule has 0 spiro atoms. The van der Waals surface area contributed by atoms with Crippen LogP contribution in [0.4, 0.5) is 13.2 Å². The Bertz CT molecular complexity index is 606. The lowest BCUT2D eigenvalue weighted by Gasteiger charge is -2.11. The molecule has 1 N–H and O–H groups in total. The van der Waals surface area contributed by atoms with Crippen LogP contribution >= 0.6 is 0 Å². The van der Waals surface area contributed by atoms with E-state index in [4.69, 9.17) is 4.74 Å². The number of alkyl halides is 3. The molecule has 1 aromatic carbocycles. The Morgan fingerprint density at radius 1 is 1.32 bits per heavy atom. The molecule has 0 amide bonds. The average molecular weight is 272 g/mol. The Morgan fingerprint density at radius 3 is 2.53 bits per heavy atom. The molecule has 102 valence electrons. The van der Waals surface area contributed by atoms with E-state index in [0.717, 1.165) is 16.4 Å². The van der Waals surface area contributed by atoms with Gasteiger partial charge >= 0.3 is 6.18 Å². The number of methoxy groups -OCH3 is 1. The fourth-order valence-electron chi connectivity index (χ4n) is 1.70. The molecule has 1 heterocycles. The van der Waals surface area contributed by atoms with Gasteiger partial charge < -0.3 is 9.84 Å². The summed E-state index contributed by atoms with van der Waals surface area (Å²) < 4.78 is 43.5. The smallest absolute Gasteiger partial charge is 0.419 e. The zero-order valence-electron chi connectivity index (χ0n) is 10.2. The van der Waals surface area contributed by atoms with Crippen LogP contribution in [0.25, 0.3) is 5.69 Å². The highest BCUT2D eigenvalue weighted by Crippen LogP contribution is 2.35. The molecule has 4 nitrogen and oxygen atoms in total. The summed E-state index contributed by atoms with van der Waals surface area (Å²) in [6.45, 7) is 1.73. The largest absolute Gasteiger partial charge is 0.506 e. The summed E-state index contributed by atoms with van der Waals surface area (Å²) in [7, 11) is 1.37. The molecule has 0 fully saturated rings. The van der Waals surface area contributed by atoms with Crippen LogP contribution in [-0.4, -0.2) is 22.0 Å². The van der Waals surface area contributed by atoms with Gasteiger partial charge in [-0.2, -0.15) is 18.3 Å². The molecule has 7 heteroatoms. The summed E-state index contributed by atoms with van der Waals surface area (Å²) in [5.74, 6) is 0.0444. The molecule has 0 saturated carbocycles. The average Bonchev–Trinajstić information content (AvgIpc) is 2.76. The van der Waals surface area contributed by atoms with Crippen LogP contribution in [0.3, 0.4) is 0 Å². The highest BCUT2D eigenvalue weighted by Gasteiger charge is 2.32. The van der Waals surface area contributed by atoms with E-state index in [1.165, 1.54) is 13.2 Å². The number of hydrogen-bond acceptors (Lipinski definition) is 3. The summed E-state index contributed by atoms with van der Waals surface area (Å²) in [4.78, 5) is 0. The second kappa shape index (κ2) is 4.49. The highest BCUT2D eigenvalue weighted by molar-refractivity contribution is 5.58. The van der Waals surface area contributed by atoms with E-state index in [0.29, 0.717) is 6.20 Å². The predicted molar refractivity (Wildman–Crippen MR) is 61.5 cm³/mol. The third kappa shape index (κ3) is 2.49. The van der Waals surface area contributed by atoms with Crippen molar-refractivity contribution >= 4 is 0 Å². The Labute approximate surface area is 107 Å². The minimum atomic E-state index is -4.48. The molecule has 0 radical (unpaired) electrons. The standard InChI is InChI=1S/C12H11F3N2O2/c1-7-3-9(18)11(10(4-7)19-2)17-6-8(5-16-17)12(13,14)15/h3-6,18H,1-2H3. The molecule has 0 saturated heterocycles. The fourth-order valence-corrected chi connectivity index (χ4v) is 1.70. The van der Waals surface area contributed by atoms with Gasteiger partial charge in [0.1, 0.15) is 17.2 Å². The normalized spacial score (nSPS) is 11.6. The van der Waals surface area contributed by atoms with Gasteiger partial charge in [-0.3, -0.25) is 0 Å². The van der Waals surface area contributed by atoms with Crippen molar-refractivity contribution in [3.63, 3.8) is 0 Å². The number of rotatable bonds is 2. The van der Waals surface area contributed by atoms with E-state index in [-0.39, 0.29) is 17.2 Å². The van der Waals surface area contributed by atoms with E-state index in [9.17, 15) is 18.3 Å². The van der Waals surface area contributed by atoms with Gasteiger partial charge in [0.25, 0.3) is 0 Å². The number of ether oxygens (including phenoxy) is 1.